The number of hydrogen-bond acceptors (Lipinski definition) is 2. The van der Waals surface area contributed by atoms with E-state index in [2.05, 4.69) is 10.2 Å². The highest BCUT2D eigenvalue weighted by atomic mass is 35.5. The number of halogens is 4. The second-order valence-corrected chi connectivity index (χ2v) is 5.33. The van der Waals surface area contributed by atoms with Crippen molar-refractivity contribution in [2.45, 2.75) is 31.9 Å². The van der Waals surface area contributed by atoms with Gasteiger partial charge in [0.25, 0.3) is 0 Å². The first kappa shape index (κ1) is 16.1. The van der Waals surface area contributed by atoms with Crippen molar-refractivity contribution in [2.75, 3.05) is 32.7 Å². The van der Waals surface area contributed by atoms with Crippen molar-refractivity contribution in [3.8, 4) is 0 Å². The van der Waals surface area contributed by atoms with Gasteiger partial charge < -0.3 is 10.2 Å². The van der Waals surface area contributed by atoms with E-state index in [4.69, 9.17) is 0 Å². The fourth-order valence-electron chi connectivity index (χ4n) is 2.89. The Kier molecular flexibility index (Phi) is 6.21. The average Bonchev–Trinajstić information content (AvgIpc) is 2.30. The summed E-state index contributed by atoms with van der Waals surface area (Å²) in [5.41, 5.74) is 0. The first-order chi connectivity index (χ1) is 8.05. The minimum atomic E-state index is -3.99. The molecule has 0 aliphatic carbocycles. The topological polar surface area (TPSA) is 15.3 Å². The van der Waals surface area contributed by atoms with E-state index in [1.165, 1.54) is 12.8 Å². The van der Waals surface area contributed by atoms with Gasteiger partial charge in [-0.05, 0) is 57.8 Å². The number of hydrogen-bond donors (Lipinski definition) is 1. The molecule has 0 spiro atoms. The minimum Gasteiger partial charge on any atom is -0.316 e. The van der Waals surface area contributed by atoms with Gasteiger partial charge in [-0.1, -0.05) is 0 Å². The maximum absolute atomic E-state index is 12.5. The molecule has 2 rings (SSSR count). The molecule has 2 saturated heterocycles. The minimum absolute atomic E-state index is 0. The molecule has 6 heteroatoms. The van der Waals surface area contributed by atoms with E-state index in [0.29, 0.717) is 19.0 Å². The van der Waals surface area contributed by atoms with Crippen molar-refractivity contribution in [1.29, 1.82) is 0 Å². The van der Waals surface area contributed by atoms with Crippen LogP contribution in [0.25, 0.3) is 0 Å². The predicted octanol–water partition coefficient (Wildman–Crippen LogP) is 2.68. The highest BCUT2D eigenvalue weighted by Crippen LogP contribution is 2.34. The second kappa shape index (κ2) is 6.96. The molecule has 0 aromatic rings. The summed E-state index contributed by atoms with van der Waals surface area (Å²) in [5.74, 6) is -0.436. The second-order valence-electron chi connectivity index (χ2n) is 5.33. The molecule has 2 heterocycles. The van der Waals surface area contributed by atoms with Crippen LogP contribution in [0.15, 0.2) is 0 Å². The van der Waals surface area contributed by atoms with Gasteiger partial charge in [0, 0.05) is 6.54 Å². The highest BCUT2D eigenvalue weighted by Gasteiger charge is 2.41. The zero-order valence-electron chi connectivity index (χ0n) is 10.5. The maximum Gasteiger partial charge on any atom is 0.391 e. The van der Waals surface area contributed by atoms with E-state index in [-0.39, 0.29) is 25.2 Å². The van der Waals surface area contributed by atoms with E-state index in [9.17, 15) is 13.2 Å². The van der Waals surface area contributed by atoms with Gasteiger partial charge in [0.1, 0.15) is 0 Å². The Balaban J connectivity index is 0.00000162. The Morgan fingerprint density at radius 2 is 1.78 bits per heavy atom. The number of rotatable bonds is 2. The van der Waals surface area contributed by atoms with Gasteiger partial charge in [-0.2, -0.15) is 13.2 Å². The predicted molar refractivity (Wildman–Crippen MR) is 68.1 cm³/mol. The van der Waals surface area contributed by atoms with Crippen LogP contribution in [0.1, 0.15) is 25.7 Å². The Hall–Kier alpha value is -0.0000000000000000416. The molecule has 2 nitrogen and oxygen atoms in total. The van der Waals surface area contributed by atoms with Gasteiger partial charge in [0.05, 0.1) is 5.92 Å². The summed E-state index contributed by atoms with van der Waals surface area (Å²) >= 11 is 0. The van der Waals surface area contributed by atoms with Crippen LogP contribution in [-0.2, 0) is 0 Å². The molecule has 0 saturated carbocycles. The zero-order valence-corrected chi connectivity index (χ0v) is 11.3. The normalized spacial score (nSPS) is 27.8. The lowest BCUT2D eigenvalue weighted by Crippen LogP contribution is -2.43. The molecular weight excluding hydrogens is 265 g/mol. The number of piperidine rings is 2. The Labute approximate surface area is 113 Å². The smallest absolute Gasteiger partial charge is 0.316 e. The maximum atomic E-state index is 12.5. The van der Waals surface area contributed by atoms with Crippen molar-refractivity contribution in [1.82, 2.24) is 10.2 Å². The van der Waals surface area contributed by atoms with Crippen molar-refractivity contribution >= 4 is 12.4 Å². The lowest BCUT2D eigenvalue weighted by molar-refractivity contribution is -0.185. The fourth-order valence-corrected chi connectivity index (χ4v) is 2.89. The van der Waals surface area contributed by atoms with Gasteiger partial charge in [0.2, 0.25) is 0 Å². The van der Waals surface area contributed by atoms with Crippen LogP contribution in [0.3, 0.4) is 0 Å². The molecule has 1 atom stereocenters. The van der Waals surface area contributed by atoms with Crippen molar-refractivity contribution < 1.29 is 13.2 Å². The van der Waals surface area contributed by atoms with Gasteiger partial charge in [0.15, 0.2) is 0 Å². The van der Waals surface area contributed by atoms with Crippen molar-refractivity contribution in [2.24, 2.45) is 11.8 Å². The molecule has 1 N–H and O–H groups in total. The summed E-state index contributed by atoms with van der Waals surface area (Å²) in [6.45, 7) is 4.31. The summed E-state index contributed by atoms with van der Waals surface area (Å²) < 4.78 is 37.5. The van der Waals surface area contributed by atoms with Crippen LogP contribution in [0.5, 0.6) is 0 Å². The summed E-state index contributed by atoms with van der Waals surface area (Å²) in [6, 6.07) is 0. The van der Waals surface area contributed by atoms with Crippen LogP contribution in [0.4, 0.5) is 13.2 Å². The highest BCUT2D eigenvalue weighted by molar-refractivity contribution is 5.85. The van der Waals surface area contributed by atoms with Crippen LogP contribution >= 0.6 is 12.4 Å². The fraction of sp³-hybridized carbons (Fsp3) is 1.00. The first-order valence-electron chi connectivity index (χ1n) is 6.55. The third-order valence-corrected chi connectivity index (χ3v) is 3.97. The lowest BCUT2D eigenvalue weighted by atomic mass is 9.94. The molecule has 2 aliphatic rings. The molecule has 0 radical (unpaired) electrons. The molecule has 18 heavy (non-hydrogen) atoms. The summed E-state index contributed by atoms with van der Waals surface area (Å²) in [7, 11) is 0. The molecule has 0 aromatic heterocycles. The van der Waals surface area contributed by atoms with Crippen LogP contribution in [0, 0.1) is 11.8 Å². The zero-order chi connectivity index (χ0) is 12.3. The molecule has 1 unspecified atom stereocenters. The van der Waals surface area contributed by atoms with Crippen LogP contribution in [0.2, 0.25) is 0 Å². The van der Waals surface area contributed by atoms with E-state index in [1.807, 2.05) is 0 Å². The number of alkyl halides is 3. The summed E-state index contributed by atoms with van der Waals surface area (Å²) in [6.07, 6.45) is -1.01. The largest absolute Gasteiger partial charge is 0.391 e. The Bertz CT molecular complexity index is 234. The number of nitrogens with one attached hydrogen (secondary N) is 1. The van der Waals surface area contributed by atoms with Gasteiger partial charge in [-0.15, -0.1) is 12.4 Å². The molecule has 0 bridgehead atoms. The van der Waals surface area contributed by atoms with Crippen molar-refractivity contribution in [3.63, 3.8) is 0 Å². The van der Waals surface area contributed by atoms with Crippen molar-refractivity contribution in [3.05, 3.63) is 0 Å². The summed E-state index contributed by atoms with van der Waals surface area (Å²) in [5, 5.41) is 3.35. The van der Waals surface area contributed by atoms with E-state index in [0.717, 1.165) is 19.6 Å². The molecule has 2 aliphatic heterocycles. The van der Waals surface area contributed by atoms with E-state index >= 15 is 0 Å². The van der Waals surface area contributed by atoms with Gasteiger partial charge in [-0.25, -0.2) is 0 Å². The molecule has 108 valence electrons. The van der Waals surface area contributed by atoms with Gasteiger partial charge in [-0.3, -0.25) is 0 Å². The standard InChI is InChI=1S/C12H21F3N2.ClH/c13-12(14,15)11-3-6-17(7-4-11)9-10-2-1-5-16-8-10;/h10-11,16H,1-9H2;1H. The Morgan fingerprint density at radius 3 is 2.28 bits per heavy atom. The quantitative estimate of drug-likeness (QED) is 0.840. The Morgan fingerprint density at radius 1 is 1.11 bits per heavy atom. The molecule has 0 aromatic carbocycles. The SMILES string of the molecule is Cl.FC(F)(F)C1CCN(CC2CCCNC2)CC1. The van der Waals surface area contributed by atoms with E-state index < -0.39 is 12.1 Å². The molecular formula is C12H22ClF3N2. The third kappa shape index (κ3) is 4.59. The number of nitrogens with zero attached hydrogens (tertiary/aromatic N) is 1. The van der Waals surface area contributed by atoms with Crippen LogP contribution < -0.4 is 5.32 Å². The first-order valence-corrected chi connectivity index (χ1v) is 6.55. The van der Waals surface area contributed by atoms with Gasteiger partial charge >= 0.3 is 6.18 Å². The van der Waals surface area contributed by atoms with Crippen LogP contribution in [-0.4, -0.2) is 43.8 Å². The molecule has 2 fully saturated rings. The monoisotopic (exact) mass is 286 g/mol. The van der Waals surface area contributed by atoms with E-state index in [1.54, 1.807) is 0 Å². The summed E-state index contributed by atoms with van der Waals surface area (Å²) in [4.78, 5) is 2.21. The average molecular weight is 287 g/mol. The number of likely N-dealkylation sites (tertiary alicyclic amines) is 1. The molecule has 0 amide bonds. The third-order valence-electron chi connectivity index (χ3n) is 3.97. The lowest BCUT2D eigenvalue weighted by Gasteiger charge is -2.36.